The Bertz CT molecular complexity index is 1220. The van der Waals surface area contributed by atoms with Gasteiger partial charge < -0.3 is 9.47 Å². The lowest BCUT2D eigenvalue weighted by molar-refractivity contribution is -0.145. The zero-order valence-electron chi connectivity index (χ0n) is 16.8. The van der Waals surface area contributed by atoms with Gasteiger partial charge in [-0.2, -0.15) is 0 Å². The van der Waals surface area contributed by atoms with E-state index in [0.29, 0.717) is 29.3 Å². The van der Waals surface area contributed by atoms with Crippen LogP contribution in [-0.2, 0) is 20.7 Å². The number of aromatic nitrogens is 1. The molecule has 6 heteroatoms. The van der Waals surface area contributed by atoms with E-state index in [-0.39, 0.29) is 12.4 Å². The van der Waals surface area contributed by atoms with E-state index in [0.717, 1.165) is 35.2 Å². The van der Waals surface area contributed by atoms with Gasteiger partial charge >= 0.3 is 11.9 Å². The number of allylic oxidation sites excluding steroid dienone is 1. The van der Waals surface area contributed by atoms with E-state index in [2.05, 4.69) is 0 Å². The lowest BCUT2D eigenvalue weighted by Crippen LogP contribution is -2.24. The van der Waals surface area contributed by atoms with Crippen LogP contribution in [0.25, 0.3) is 22.6 Å². The molecule has 1 saturated heterocycles. The Morgan fingerprint density at radius 3 is 2.71 bits per heavy atom. The van der Waals surface area contributed by atoms with Crippen LogP contribution in [-0.4, -0.2) is 29.6 Å². The van der Waals surface area contributed by atoms with E-state index < -0.39 is 18.0 Å². The van der Waals surface area contributed by atoms with E-state index in [1.807, 2.05) is 30.3 Å². The third kappa shape index (κ3) is 3.69. The molecule has 3 aromatic rings. The van der Waals surface area contributed by atoms with Gasteiger partial charge in [0, 0.05) is 11.8 Å². The van der Waals surface area contributed by atoms with Crippen molar-refractivity contribution in [1.29, 1.82) is 0 Å². The summed E-state index contributed by atoms with van der Waals surface area (Å²) in [7, 11) is 0. The van der Waals surface area contributed by atoms with Gasteiger partial charge in [-0.25, -0.2) is 19.0 Å². The number of carbonyl (C=O) groups is 2. The third-order valence-corrected chi connectivity index (χ3v) is 5.72. The molecule has 2 aliphatic rings. The summed E-state index contributed by atoms with van der Waals surface area (Å²) in [5.41, 5.74) is 4.61. The van der Waals surface area contributed by atoms with Gasteiger partial charge in [-0.3, -0.25) is 0 Å². The van der Waals surface area contributed by atoms with Gasteiger partial charge in [0.15, 0.2) is 0 Å². The highest BCUT2D eigenvalue weighted by atomic mass is 19.1. The average molecular weight is 417 g/mol. The van der Waals surface area contributed by atoms with Crippen LogP contribution in [0.4, 0.5) is 4.39 Å². The molecule has 0 radical (unpaired) electrons. The van der Waals surface area contributed by atoms with Gasteiger partial charge in [0.05, 0.1) is 23.4 Å². The van der Waals surface area contributed by atoms with Crippen molar-refractivity contribution in [2.24, 2.45) is 0 Å². The zero-order valence-corrected chi connectivity index (χ0v) is 16.8. The predicted molar refractivity (Wildman–Crippen MR) is 114 cm³/mol. The Hall–Kier alpha value is -3.54. The lowest BCUT2D eigenvalue weighted by atomic mass is 9.86. The summed E-state index contributed by atoms with van der Waals surface area (Å²) in [6, 6.07) is 13.7. The minimum absolute atomic E-state index is 0.260. The van der Waals surface area contributed by atoms with Crippen LogP contribution < -0.4 is 0 Å². The maximum atomic E-state index is 13.3. The number of halogens is 1. The fourth-order valence-electron chi connectivity index (χ4n) is 4.24. The highest BCUT2D eigenvalue weighted by Gasteiger charge is 2.33. The number of para-hydroxylation sites is 1. The van der Waals surface area contributed by atoms with Crippen molar-refractivity contribution in [3.05, 3.63) is 76.7 Å². The Kier molecular flexibility index (Phi) is 4.98. The highest BCUT2D eigenvalue weighted by molar-refractivity contribution is 6.07. The van der Waals surface area contributed by atoms with E-state index in [9.17, 15) is 14.0 Å². The van der Waals surface area contributed by atoms with Crippen LogP contribution in [0.2, 0.25) is 0 Å². The first kappa shape index (κ1) is 19.4. The molecule has 1 fully saturated rings. The number of fused-ring (bicyclic) bond motifs is 2. The SMILES string of the molecule is O=C(O[C@@H]1CCOC1=O)c1c2c(nc3ccccc13)/C(=C/c1ccc(F)cc1)CCC2. The number of nitrogens with zero attached hydrogens (tertiary/aromatic N) is 1. The van der Waals surface area contributed by atoms with E-state index in [1.165, 1.54) is 12.1 Å². The number of hydrogen-bond acceptors (Lipinski definition) is 5. The van der Waals surface area contributed by atoms with Gasteiger partial charge in [0.1, 0.15) is 5.82 Å². The molecule has 1 aromatic heterocycles. The second kappa shape index (κ2) is 7.95. The van der Waals surface area contributed by atoms with Crippen molar-refractivity contribution in [3.63, 3.8) is 0 Å². The van der Waals surface area contributed by atoms with Crippen molar-refractivity contribution in [2.75, 3.05) is 6.61 Å². The molecule has 0 unspecified atom stereocenters. The summed E-state index contributed by atoms with van der Waals surface area (Å²) in [6.45, 7) is 0.260. The first-order valence-electron chi connectivity index (χ1n) is 10.4. The Balaban J connectivity index is 1.63. The lowest BCUT2D eigenvalue weighted by Gasteiger charge is -2.23. The smallest absolute Gasteiger partial charge is 0.347 e. The molecule has 0 bridgehead atoms. The van der Waals surface area contributed by atoms with E-state index in [4.69, 9.17) is 14.5 Å². The molecule has 5 rings (SSSR count). The molecule has 2 aromatic carbocycles. The quantitative estimate of drug-likeness (QED) is 0.577. The van der Waals surface area contributed by atoms with Crippen LogP contribution in [0.5, 0.6) is 0 Å². The number of hydrogen-bond donors (Lipinski definition) is 0. The molecule has 0 saturated carbocycles. The molecule has 0 N–H and O–H groups in total. The largest absolute Gasteiger partial charge is 0.463 e. The van der Waals surface area contributed by atoms with Gasteiger partial charge in [0.25, 0.3) is 0 Å². The highest BCUT2D eigenvalue weighted by Crippen LogP contribution is 2.36. The van der Waals surface area contributed by atoms with E-state index >= 15 is 0 Å². The topological polar surface area (TPSA) is 65.5 Å². The second-order valence-electron chi connectivity index (χ2n) is 7.76. The molecular weight excluding hydrogens is 397 g/mol. The molecule has 1 aliphatic heterocycles. The van der Waals surface area contributed by atoms with Gasteiger partial charge in [0.2, 0.25) is 6.10 Å². The molecular formula is C25H20FNO4. The van der Waals surface area contributed by atoms with Gasteiger partial charge in [-0.05, 0) is 60.2 Å². The maximum absolute atomic E-state index is 13.3. The van der Waals surface area contributed by atoms with Gasteiger partial charge in [-0.1, -0.05) is 30.3 Å². The van der Waals surface area contributed by atoms with Crippen molar-refractivity contribution >= 4 is 34.5 Å². The minimum Gasteiger partial charge on any atom is -0.463 e. The monoisotopic (exact) mass is 417 g/mol. The fourth-order valence-corrected chi connectivity index (χ4v) is 4.24. The van der Waals surface area contributed by atoms with Crippen LogP contribution in [0.3, 0.4) is 0 Å². The van der Waals surface area contributed by atoms with Crippen LogP contribution >= 0.6 is 0 Å². The number of cyclic esters (lactones) is 1. The molecule has 1 aliphatic carbocycles. The third-order valence-electron chi connectivity index (χ3n) is 5.72. The summed E-state index contributed by atoms with van der Waals surface area (Å²) in [6.07, 6.45) is 3.83. The van der Waals surface area contributed by atoms with Crippen LogP contribution in [0.1, 0.15) is 46.4 Å². The van der Waals surface area contributed by atoms with Crippen molar-refractivity contribution in [3.8, 4) is 0 Å². The summed E-state index contributed by atoms with van der Waals surface area (Å²) in [4.78, 5) is 29.9. The Morgan fingerprint density at radius 1 is 1.13 bits per heavy atom. The molecule has 1 atom stereocenters. The number of ether oxygens (including phenoxy) is 2. The minimum atomic E-state index is -0.868. The van der Waals surface area contributed by atoms with Crippen LogP contribution in [0, 0.1) is 5.82 Å². The summed E-state index contributed by atoms with van der Waals surface area (Å²) < 4.78 is 23.8. The number of rotatable bonds is 3. The Labute approximate surface area is 178 Å². The number of pyridine rings is 1. The van der Waals surface area contributed by atoms with Crippen molar-refractivity contribution < 1.29 is 23.5 Å². The molecule has 31 heavy (non-hydrogen) atoms. The van der Waals surface area contributed by atoms with E-state index in [1.54, 1.807) is 12.1 Å². The normalized spacial score (nSPS) is 19.3. The summed E-state index contributed by atoms with van der Waals surface area (Å²) in [5, 5.41) is 0.709. The fraction of sp³-hybridized carbons (Fsp3) is 0.240. The van der Waals surface area contributed by atoms with Crippen molar-refractivity contribution in [1.82, 2.24) is 4.98 Å². The van der Waals surface area contributed by atoms with Crippen LogP contribution in [0.15, 0.2) is 48.5 Å². The number of carbonyl (C=O) groups excluding carboxylic acids is 2. The summed E-state index contributed by atoms with van der Waals surface area (Å²) in [5.74, 6) is -1.31. The predicted octanol–water partition coefficient (Wildman–Crippen LogP) is 4.72. The van der Waals surface area contributed by atoms with Crippen molar-refractivity contribution in [2.45, 2.75) is 31.8 Å². The zero-order chi connectivity index (χ0) is 21.4. The first-order chi connectivity index (χ1) is 15.1. The second-order valence-corrected chi connectivity index (χ2v) is 7.76. The number of benzene rings is 2. The first-order valence-corrected chi connectivity index (χ1v) is 10.4. The molecule has 5 nitrogen and oxygen atoms in total. The molecule has 0 amide bonds. The molecule has 0 spiro atoms. The molecule has 2 heterocycles. The Morgan fingerprint density at radius 2 is 1.94 bits per heavy atom. The summed E-state index contributed by atoms with van der Waals surface area (Å²) >= 11 is 0. The average Bonchev–Trinajstić information content (AvgIpc) is 3.18. The van der Waals surface area contributed by atoms with Gasteiger partial charge in [-0.15, -0.1) is 0 Å². The number of esters is 2. The molecule has 156 valence electrons. The maximum Gasteiger partial charge on any atom is 0.347 e. The standard InChI is InChI=1S/C25H20FNO4/c26-17-10-8-15(9-11-17)14-16-4-3-6-19-22(25(29)31-21-12-13-30-24(21)28)18-5-1-2-7-20(18)27-23(16)19/h1-2,5,7-11,14,21H,3-4,6,12-13H2/b16-14+/t21-/m1/s1.